The largest absolute Gasteiger partial charge is 0.267 e. The van der Waals surface area contributed by atoms with Crippen LogP contribution in [0.1, 0.15) is 12.5 Å². The van der Waals surface area contributed by atoms with Crippen molar-refractivity contribution in [2.45, 2.75) is 11.8 Å². The van der Waals surface area contributed by atoms with Gasteiger partial charge in [0.05, 0.1) is 18.1 Å². The number of terminal acetylenes is 1. The van der Waals surface area contributed by atoms with Crippen LogP contribution in [0.5, 0.6) is 0 Å². The maximum atomic E-state index is 13.9. The number of rotatable bonds is 5. The number of sulfonamides is 1. The van der Waals surface area contributed by atoms with Crippen LogP contribution in [0.2, 0.25) is 0 Å². The van der Waals surface area contributed by atoms with E-state index in [0.717, 1.165) is 0 Å². The molecule has 0 atom stereocenters. The third kappa shape index (κ3) is 3.19. The first kappa shape index (κ1) is 17.7. The van der Waals surface area contributed by atoms with Crippen LogP contribution in [0.4, 0.5) is 10.1 Å². The smallest absolute Gasteiger partial charge is 0.266 e. The molecule has 0 bridgehead atoms. The summed E-state index contributed by atoms with van der Waals surface area (Å²) in [6, 6.07) is 12.7. The molecule has 7 heteroatoms. The van der Waals surface area contributed by atoms with Crippen molar-refractivity contribution in [2.75, 3.05) is 10.8 Å². The number of halogens is 1. The Hall–Kier alpha value is -3.11. The Bertz CT molecular complexity index is 1080. The summed E-state index contributed by atoms with van der Waals surface area (Å²) >= 11 is 0. The normalized spacial score (nSPS) is 11.1. The van der Waals surface area contributed by atoms with Gasteiger partial charge in [-0.1, -0.05) is 24.1 Å². The van der Waals surface area contributed by atoms with E-state index in [4.69, 9.17) is 6.42 Å². The van der Waals surface area contributed by atoms with Crippen LogP contribution in [-0.4, -0.2) is 24.7 Å². The number of anilines is 1. The minimum absolute atomic E-state index is 0.0336. The lowest BCUT2D eigenvalue weighted by atomic mass is 10.2. The highest BCUT2D eigenvalue weighted by Gasteiger charge is 2.26. The van der Waals surface area contributed by atoms with Gasteiger partial charge < -0.3 is 0 Å². The van der Waals surface area contributed by atoms with Gasteiger partial charge in [-0.2, -0.15) is 5.10 Å². The van der Waals surface area contributed by atoms with Crippen molar-refractivity contribution in [1.82, 2.24) is 9.78 Å². The zero-order chi connectivity index (χ0) is 18.7. The standard InChI is InChI=1S/C19H16FN3O2S/c1-3-15-8-7-9-16(12-15)23(4-2)26(24,25)17-13-21-22(14-17)19-11-6-5-10-18(19)20/h1,5-14H,4H2,2H3. The molecule has 26 heavy (non-hydrogen) atoms. The quantitative estimate of drug-likeness (QED) is 0.649. The molecule has 0 spiro atoms. The minimum atomic E-state index is -3.87. The molecule has 0 N–H and O–H groups in total. The summed E-state index contributed by atoms with van der Waals surface area (Å²) in [5.41, 5.74) is 1.21. The number of benzene rings is 2. The SMILES string of the molecule is C#Cc1cccc(N(CC)S(=O)(=O)c2cnn(-c3ccccc3F)c2)c1. The zero-order valence-corrected chi connectivity index (χ0v) is 14.8. The van der Waals surface area contributed by atoms with Crippen molar-refractivity contribution < 1.29 is 12.8 Å². The van der Waals surface area contributed by atoms with Crippen LogP contribution in [0.15, 0.2) is 65.8 Å². The van der Waals surface area contributed by atoms with Crippen molar-refractivity contribution in [3.8, 4) is 18.0 Å². The molecule has 132 valence electrons. The first-order chi connectivity index (χ1) is 12.5. The number of hydrogen-bond acceptors (Lipinski definition) is 3. The van der Waals surface area contributed by atoms with Gasteiger partial charge in [-0.05, 0) is 37.3 Å². The maximum absolute atomic E-state index is 13.9. The van der Waals surface area contributed by atoms with Gasteiger partial charge in [-0.25, -0.2) is 17.5 Å². The Kier molecular flexibility index (Phi) is 4.78. The molecular formula is C19H16FN3O2S. The van der Waals surface area contributed by atoms with E-state index in [-0.39, 0.29) is 17.1 Å². The van der Waals surface area contributed by atoms with E-state index in [1.807, 2.05) is 0 Å². The van der Waals surface area contributed by atoms with Crippen molar-refractivity contribution in [3.05, 3.63) is 72.3 Å². The molecule has 0 amide bonds. The fourth-order valence-corrected chi connectivity index (χ4v) is 3.98. The van der Waals surface area contributed by atoms with Crippen LogP contribution in [0.3, 0.4) is 0 Å². The summed E-state index contributed by atoms with van der Waals surface area (Å²) in [6.07, 6.45) is 7.89. The third-order valence-electron chi connectivity index (χ3n) is 3.83. The second-order valence-corrected chi connectivity index (χ2v) is 7.30. The summed E-state index contributed by atoms with van der Waals surface area (Å²) in [5, 5.41) is 4.00. The lowest BCUT2D eigenvalue weighted by Crippen LogP contribution is -2.30. The number of aromatic nitrogens is 2. The highest BCUT2D eigenvalue weighted by atomic mass is 32.2. The van der Waals surface area contributed by atoms with Gasteiger partial charge in [0.25, 0.3) is 10.0 Å². The average molecular weight is 369 g/mol. The lowest BCUT2D eigenvalue weighted by molar-refractivity contribution is 0.591. The van der Waals surface area contributed by atoms with Gasteiger partial charge >= 0.3 is 0 Å². The van der Waals surface area contributed by atoms with Crippen molar-refractivity contribution >= 4 is 15.7 Å². The van der Waals surface area contributed by atoms with Gasteiger partial charge in [0.2, 0.25) is 0 Å². The molecule has 0 aliphatic heterocycles. The Morgan fingerprint density at radius 1 is 1.23 bits per heavy atom. The van der Waals surface area contributed by atoms with Crippen LogP contribution in [-0.2, 0) is 10.0 Å². The van der Waals surface area contributed by atoms with E-state index in [0.29, 0.717) is 11.3 Å². The van der Waals surface area contributed by atoms with Crippen molar-refractivity contribution in [3.63, 3.8) is 0 Å². The minimum Gasteiger partial charge on any atom is -0.266 e. The first-order valence-electron chi connectivity index (χ1n) is 7.86. The number of para-hydroxylation sites is 1. The van der Waals surface area contributed by atoms with Gasteiger partial charge in [-0.3, -0.25) is 4.31 Å². The summed E-state index contributed by atoms with van der Waals surface area (Å²) in [6.45, 7) is 1.93. The Morgan fingerprint density at radius 2 is 2.00 bits per heavy atom. The van der Waals surface area contributed by atoms with Gasteiger partial charge in [-0.15, -0.1) is 6.42 Å². The topological polar surface area (TPSA) is 55.2 Å². The maximum Gasteiger partial charge on any atom is 0.267 e. The second kappa shape index (κ2) is 7.02. The molecule has 1 aromatic heterocycles. The van der Waals surface area contributed by atoms with E-state index >= 15 is 0 Å². The molecule has 0 radical (unpaired) electrons. The third-order valence-corrected chi connectivity index (χ3v) is 5.69. The van der Waals surface area contributed by atoms with Crippen LogP contribution >= 0.6 is 0 Å². The fraction of sp³-hybridized carbons (Fsp3) is 0.105. The van der Waals surface area contributed by atoms with Gasteiger partial charge in [0.15, 0.2) is 0 Å². The number of nitrogens with zero attached hydrogens (tertiary/aromatic N) is 3. The monoisotopic (exact) mass is 369 g/mol. The van der Waals surface area contributed by atoms with Crippen LogP contribution in [0.25, 0.3) is 5.69 Å². The molecule has 0 unspecified atom stereocenters. The highest BCUT2D eigenvalue weighted by molar-refractivity contribution is 7.92. The molecule has 3 aromatic rings. The summed E-state index contributed by atoms with van der Waals surface area (Å²) in [5.74, 6) is 2.00. The average Bonchev–Trinajstić information content (AvgIpc) is 3.13. The van der Waals surface area contributed by atoms with E-state index in [1.54, 1.807) is 43.3 Å². The zero-order valence-electron chi connectivity index (χ0n) is 14.0. The predicted octanol–water partition coefficient (Wildman–Crippen LogP) is 3.21. The van der Waals surface area contributed by atoms with E-state index in [2.05, 4.69) is 11.0 Å². The van der Waals surface area contributed by atoms with Crippen LogP contribution in [0, 0.1) is 18.2 Å². The number of hydrogen-bond donors (Lipinski definition) is 0. The molecule has 0 aliphatic carbocycles. The predicted molar refractivity (Wildman–Crippen MR) is 98.1 cm³/mol. The Morgan fingerprint density at radius 3 is 2.69 bits per heavy atom. The van der Waals surface area contributed by atoms with E-state index in [9.17, 15) is 12.8 Å². The summed E-state index contributed by atoms with van der Waals surface area (Å²) < 4.78 is 42.4. The first-order valence-corrected chi connectivity index (χ1v) is 9.30. The molecule has 2 aromatic carbocycles. The summed E-state index contributed by atoms with van der Waals surface area (Å²) in [7, 11) is -3.87. The second-order valence-electron chi connectivity index (χ2n) is 5.44. The Balaban J connectivity index is 2.02. The summed E-state index contributed by atoms with van der Waals surface area (Å²) in [4.78, 5) is -0.0336. The molecule has 0 fully saturated rings. The van der Waals surface area contributed by atoms with Crippen molar-refractivity contribution in [2.24, 2.45) is 0 Å². The highest BCUT2D eigenvalue weighted by Crippen LogP contribution is 2.25. The lowest BCUT2D eigenvalue weighted by Gasteiger charge is -2.22. The molecule has 1 heterocycles. The molecule has 0 saturated carbocycles. The molecule has 0 aliphatic rings. The van der Waals surface area contributed by atoms with Gasteiger partial charge in [0, 0.05) is 12.1 Å². The van der Waals surface area contributed by atoms with E-state index < -0.39 is 15.8 Å². The van der Waals surface area contributed by atoms with Crippen LogP contribution < -0.4 is 4.31 Å². The molecule has 5 nitrogen and oxygen atoms in total. The molecular weight excluding hydrogens is 353 g/mol. The van der Waals surface area contributed by atoms with E-state index in [1.165, 1.54) is 33.5 Å². The Labute approximate surface area is 151 Å². The molecule has 0 saturated heterocycles. The fourth-order valence-electron chi connectivity index (χ4n) is 2.58. The van der Waals surface area contributed by atoms with Gasteiger partial charge in [0.1, 0.15) is 16.4 Å². The molecule has 3 rings (SSSR count). The van der Waals surface area contributed by atoms with Crippen molar-refractivity contribution in [1.29, 1.82) is 0 Å².